The summed E-state index contributed by atoms with van der Waals surface area (Å²) in [5.41, 5.74) is 2.82. The third-order valence-electron chi connectivity index (χ3n) is 3.56. The SMILES string of the molecule is CC(C)N1CCCOc2ccc(C(C)(C)C)cc21. The summed E-state index contributed by atoms with van der Waals surface area (Å²) in [7, 11) is 0. The van der Waals surface area contributed by atoms with Crippen molar-refractivity contribution in [3.63, 3.8) is 0 Å². The Kier molecular flexibility index (Phi) is 3.56. The number of hydrogen-bond donors (Lipinski definition) is 0. The first-order valence-corrected chi connectivity index (χ1v) is 6.93. The first-order valence-electron chi connectivity index (χ1n) is 6.93. The molecule has 18 heavy (non-hydrogen) atoms. The summed E-state index contributed by atoms with van der Waals surface area (Å²) in [4.78, 5) is 2.46. The minimum atomic E-state index is 0.185. The molecule has 0 radical (unpaired) electrons. The third-order valence-corrected chi connectivity index (χ3v) is 3.56. The first-order chi connectivity index (χ1) is 8.39. The van der Waals surface area contributed by atoms with Gasteiger partial charge in [-0.3, -0.25) is 0 Å². The molecule has 0 bridgehead atoms. The number of anilines is 1. The van der Waals surface area contributed by atoms with Gasteiger partial charge in [-0.15, -0.1) is 0 Å². The van der Waals surface area contributed by atoms with Gasteiger partial charge in [0.1, 0.15) is 5.75 Å². The number of hydrogen-bond acceptors (Lipinski definition) is 2. The van der Waals surface area contributed by atoms with Crippen LogP contribution in [0.15, 0.2) is 18.2 Å². The molecule has 0 amide bonds. The summed E-state index contributed by atoms with van der Waals surface area (Å²) in [5.74, 6) is 1.04. The Morgan fingerprint density at radius 1 is 1.22 bits per heavy atom. The van der Waals surface area contributed by atoms with E-state index in [1.54, 1.807) is 0 Å². The molecule has 1 aromatic rings. The van der Waals surface area contributed by atoms with E-state index < -0.39 is 0 Å². The number of rotatable bonds is 1. The first kappa shape index (κ1) is 13.3. The summed E-state index contributed by atoms with van der Waals surface area (Å²) in [6, 6.07) is 7.15. The Balaban J connectivity index is 2.46. The molecule has 0 atom stereocenters. The highest BCUT2D eigenvalue weighted by atomic mass is 16.5. The fourth-order valence-electron chi connectivity index (χ4n) is 2.40. The van der Waals surface area contributed by atoms with Crippen LogP contribution in [-0.2, 0) is 5.41 Å². The Hall–Kier alpha value is -1.18. The molecule has 1 aliphatic rings. The van der Waals surface area contributed by atoms with Crippen LogP contribution >= 0.6 is 0 Å². The van der Waals surface area contributed by atoms with E-state index >= 15 is 0 Å². The van der Waals surface area contributed by atoms with E-state index in [0.717, 1.165) is 25.3 Å². The molecule has 0 saturated heterocycles. The Labute approximate surface area is 111 Å². The highest BCUT2D eigenvalue weighted by molar-refractivity contribution is 5.62. The minimum Gasteiger partial charge on any atom is -0.491 e. The predicted molar refractivity (Wildman–Crippen MR) is 77.7 cm³/mol. The second kappa shape index (κ2) is 4.83. The Bertz CT molecular complexity index is 418. The lowest BCUT2D eigenvalue weighted by atomic mass is 9.86. The molecule has 0 fully saturated rings. The van der Waals surface area contributed by atoms with Crippen molar-refractivity contribution in [1.29, 1.82) is 0 Å². The maximum absolute atomic E-state index is 5.85. The van der Waals surface area contributed by atoms with Gasteiger partial charge in [-0.05, 0) is 43.4 Å². The van der Waals surface area contributed by atoms with Crippen LogP contribution in [0.25, 0.3) is 0 Å². The summed E-state index contributed by atoms with van der Waals surface area (Å²) >= 11 is 0. The van der Waals surface area contributed by atoms with E-state index in [0.29, 0.717) is 6.04 Å². The molecule has 1 heterocycles. The van der Waals surface area contributed by atoms with Gasteiger partial charge >= 0.3 is 0 Å². The molecule has 0 N–H and O–H groups in total. The zero-order valence-corrected chi connectivity index (χ0v) is 12.3. The number of nitrogens with zero attached hydrogens (tertiary/aromatic N) is 1. The van der Waals surface area contributed by atoms with Crippen LogP contribution in [0.1, 0.15) is 46.6 Å². The Morgan fingerprint density at radius 3 is 2.56 bits per heavy atom. The number of ether oxygens (including phenoxy) is 1. The van der Waals surface area contributed by atoms with Gasteiger partial charge in [-0.1, -0.05) is 26.8 Å². The van der Waals surface area contributed by atoms with Gasteiger partial charge in [0.2, 0.25) is 0 Å². The van der Waals surface area contributed by atoms with Crippen molar-refractivity contribution in [3.05, 3.63) is 23.8 Å². The van der Waals surface area contributed by atoms with E-state index in [4.69, 9.17) is 4.74 Å². The van der Waals surface area contributed by atoms with Crippen molar-refractivity contribution in [2.45, 2.75) is 52.5 Å². The highest BCUT2D eigenvalue weighted by Crippen LogP contribution is 2.36. The highest BCUT2D eigenvalue weighted by Gasteiger charge is 2.22. The topological polar surface area (TPSA) is 12.5 Å². The fraction of sp³-hybridized carbons (Fsp3) is 0.625. The van der Waals surface area contributed by atoms with Gasteiger partial charge in [0.25, 0.3) is 0 Å². The van der Waals surface area contributed by atoms with Gasteiger partial charge in [0.15, 0.2) is 0 Å². The molecule has 0 aliphatic carbocycles. The summed E-state index contributed by atoms with van der Waals surface area (Å²) < 4.78 is 5.85. The fourth-order valence-corrected chi connectivity index (χ4v) is 2.40. The predicted octanol–water partition coefficient (Wildman–Crippen LogP) is 3.98. The van der Waals surface area contributed by atoms with Gasteiger partial charge in [0.05, 0.1) is 12.3 Å². The molecular weight excluding hydrogens is 222 g/mol. The van der Waals surface area contributed by atoms with Crippen LogP contribution in [0.5, 0.6) is 5.75 Å². The smallest absolute Gasteiger partial charge is 0.142 e. The molecule has 2 heteroatoms. The van der Waals surface area contributed by atoms with Crippen molar-refractivity contribution in [1.82, 2.24) is 0 Å². The molecule has 2 nitrogen and oxygen atoms in total. The quantitative estimate of drug-likeness (QED) is 0.744. The van der Waals surface area contributed by atoms with Crippen molar-refractivity contribution in [3.8, 4) is 5.75 Å². The summed E-state index contributed by atoms with van der Waals surface area (Å²) in [6.45, 7) is 13.2. The zero-order chi connectivity index (χ0) is 13.3. The van der Waals surface area contributed by atoms with E-state index in [-0.39, 0.29) is 5.41 Å². The lowest BCUT2D eigenvalue weighted by Gasteiger charge is -2.30. The van der Waals surface area contributed by atoms with Crippen LogP contribution < -0.4 is 9.64 Å². The molecule has 0 saturated carbocycles. The van der Waals surface area contributed by atoms with E-state index in [1.807, 2.05) is 0 Å². The molecule has 0 unspecified atom stereocenters. The van der Waals surface area contributed by atoms with Crippen molar-refractivity contribution in [2.24, 2.45) is 0 Å². The van der Waals surface area contributed by atoms with Crippen LogP contribution in [0.3, 0.4) is 0 Å². The summed E-state index contributed by atoms with van der Waals surface area (Å²) in [6.07, 6.45) is 1.09. The van der Waals surface area contributed by atoms with Gasteiger partial charge in [-0.2, -0.15) is 0 Å². The van der Waals surface area contributed by atoms with E-state index in [1.165, 1.54) is 11.3 Å². The maximum Gasteiger partial charge on any atom is 0.142 e. The monoisotopic (exact) mass is 247 g/mol. The molecule has 2 rings (SSSR count). The molecule has 1 aliphatic heterocycles. The molecule has 1 aromatic carbocycles. The van der Waals surface area contributed by atoms with Crippen LogP contribution in [0.4, 0.5) is 5.69 Å². The number of fused-ring (bicyclic) bond motifs is 1. The summed E-state index contributed by atoms with van der Waals surface area (Å²) in [5, 5.41) is 0. The van der Waals surface area contributed by atoms with Gasteiger partial charge in [0, 0.05) is 12.6 Å². The average molecular weight is 247 g/mol. The molecule has 0 spiro atoms. The van der Waals surface area contributed by atoms with Crippen molar-refractivity contribution in [2.75, 3.05) is 18.1 Å². The maximum atomic E-state index is 5.85. The molecule has 0 aromatic heterocycles. The van der Waals surface area contributed by atoms with Crippen LogP contribution in [0.2, 0.25) is 0 Å². The largest absolute Gasteiger partial charge is 0.491 e. The minimum absolute atomic E-state index is 0.185. The van der Waals surface area contributed by atoms with Gasteiger partial charge < -0.3 is 9.64 Å². The normalized spacial score (nSPS) is 16.2. The standard InChI is InChI=1S/C16H25NO/c1-12(2)17-9-6-10-18-15-8-7-13(11-14(15)17)16(3,4)5/h7-8,11-12H,6,9-10H2,1-5H3. The van der Waals surface area contributed by atoms with Crippen LogP contribution in [-0.4, -0.2) is 19.2 Å². The van der Waals surface area contributed by atoms with Crippen molar-refractivity contribution >= 4 is 5.69 Å². The Morgan fingerprint density at radius 2 is 1.94 bits per heavy atom. The molecule has 100 valence electrons. The van der Waals surface area contributed by atoms with E-state index in [2.05, 4.69) is 57.7 Å². The van der Waals surface area contributed by atoms with Gasteiger partial charge in [-0.25, -0.2) is 0 Å². The van der Waals surface area contributed by atoms with Crippen molar-refractivity contribution < 1.29 is 4.74 Å². The second-order valence-electron chi connectivity index (χ2n) is 6.42. The molecular formula is C16H25NO. The lowest BCUT2D eigenvalue weighted by Crippen LogP contribution is -2.31. The average Bonchev–Trinajstić information content (AvgIpc) is 2.48. The van der Waals surface area contributed by atoms with E-state index in [9.17, 15) is 0 Å². The zero-order valence-electron chi connectivity index (χ0n) is 12.3. The lowest BCUT2D eigenvalue weighted by molar-refractivity contribution is 0.322. The second-order valence-corrected chi connectivity index (χ2v) is 6.42. The third kappa shape index (κ3) is 2.63. The van der Waals surface area contributed by atoms with Crippen LogP contribution in [0, 0.1) is 0 Å². The number of benzene rings is 1.